The minimum Gasteiger partial charge on any atom is -0.134 e. The van der Waals surface area contributed by atoms with Gasteiger partial charge in [-0.25, -0.2) is 0 Å². The predicted octanol–water partition coefficient (Wildman–Crippen LogP) is 2.84. The maximum Gasteiger partial charge on any atom is 0.0547 e. The zero-order valence-corrected chi connectivity index (χ0v) is 11.4. The van der Waals surface area contributed by atoms with Gasteiger partial charge in [0.25, 0.3) is 0 Å². The maximum atomic E-state index is 2.53. The lowest BCUT2D eigenvalue weighted by atomic mass is 10.6. The lowest BCUT2D eigenvalue weighted by Crippen LogP contribution is -2.17. The van der Waals surface area contributed by atoms with Crippen LogP contribution in [0.15, 0.2) is 0 Å². The Labute approximate surface area is 70.1 Å². The van der Waals surface area contributed by atoms with Gasteiger partial charge in [-0.05, 0) is 5.66 Å². The van der Waals surface area contributed by atoms with Crippen molar-refractivity contribution in [3.63, 3.8) is 0 Å². The van der Waals surface area contributed by atoms with E-state index in [1.165, 1.54) is 0 Å². The van der Waals surface area contributed by atoms with Gasteiger partial charge >= 0.3 is 0 Å². The fourth-order valence-corrected chi connectivity index (χ4v) is 26.8. The molecular formula is C7H21PSi2. The molecule has 3 heteroatoms. The lowest BCUT2D eigenvalue weighted by molar-refractivity contribution is 1.11. The highest BCUT2D eigenvalue weighted by atomic mass is 31.6. The van der Waals surface area contributed by atoms with Crippen molar-refractivity contribution < 1.29 is 0 Å². The van der Waals surface area contributed by atoms with Gasteiger partial charge in [0.2, 0.25) is 0 Å². The number of hydrogen-bond acceptors (Lipinski definition) is 0. The molecule has 0 aliphatic heterocycles. The van der Waals surface area contributed by atoms with Crippen molar-refractivity contribution in [1.82, 2.24) is 0 Å². The minimum atomic E-state index is -0.275. The van der Waals surface area contributed by atoms with Crippen molar-refractivity contribution in [3.05, 3.63) is 0 Å². The van der Waals surface area contributed by atoms with Gasteiger partial charge in [0.15, 0.2) is 0 Å². The predicted molar refractivity (Wildman–Crippen MR) is 59.8 cm³/mol. The molecule has 0 saturated heterocycles. The second-order valence-corrected chi connectivity index (χ2v) is 21.6. The molecule has 0 unspecified atom stereocenters. The average Bonchev–Trinajstić information content (AvgIpc) is 1.59. The normalized spacial score (nSPS) is 12.6. The van der Waals surface area contributed by atoms with Gasteiger partial charge in [0.05, 0.1) is 16.9 Å². The molecule has 62 valence electrons. The second-order valence-electron chi connectivity index (χ2n) is 3.73. The highest BCUT2D eigenvalue weighted by molar-refractivity contribution is 8.12. The summed E-state index contributed by atoms with van der Waals surface area (Å²) in [6.07, 6.45) is 0. The molecule has 0 radical (unpaired) electrons. The summed E-state index contributed by atoms with van der Waals surface area (Å²) in [4.78, 5) is 0. The quantitative estimate of drug-likeness (QED) is 0.476. The van der Waals surface area contributed by atoms with E-state index in [4.69, 9.17) is 0 Å². The molecule has 0 atom stereocenters. The summed E-state index contributed by atoms with van der Waals surface area (Å²) in [5.41, 5.74) is 1.02. The van der Waals surface area contributed by atoms with Crippen LogP contribution in [0, 0.1) is 0 Å². The third-order valence-corrected chi connectivity index (χ3v) is 26.8. The van der Waals surface area contributed by atoms with Crippen LogP contribution in [-0.2, 0) is 0 Å². The zero-order chi connectivity index (χ0) is 8.31. The molecule has 0 saturated carbocycles. The fourth-order valence-electron chi connectivity index (χ4n) is 1.79. The van der Waals surface area contributed by atoms with Crippen LogP contribution in [0.4, 0.5) is 0 Å². The Morgan fingerprint density at radius 1 is 0.900 bits per heavy atom. The van der Waals surface area contributed by atoms with Crippen molar-refractivity contribution in [2.75, 3.05) is 0 Å². The van der Waals surface area contributed by atoms with Crippen molar-refractivity contribution in [2.45, 2.75) is 45.7 Å². The van der Waals surface area contributed by atoms with E-state index in [1.54, 1.807) is 0 Å². The third-order valence-electron chi connectivity index (χ3n) is 1.79. The monoisotopic (exact) mass is 192 g/mol. The molecule has 0 aromatic heterocycles. The summed E-state index contributed by atoms with van der Waals surface area (Å²) < 4.78 is 0. The zero-order valence-electron chi connectivity index (χ0n) is 8.18. The Morgan fingerprint density at radius 3 is 1.20 bits per heavy atom. The lowest BCUT2D eigenvalue weighted by Gasteiger charge is -2.28. The molecule has 0 amide bonds. The summed E-state index contributed by atoms with van der Waals surface area (Å²) in [5.74, 6) is 0. The molecule has 0 aromatic carbocycles. The van der Waals surface area contributed by atoms with Gasteiger partial charge in [-0.1, -0.05) is 40.0 Å². The molecule has 0 aromatic rings. The van der Waals surface area contributed by atoms with E-state index in [0.717, 1.165) is 5.66 Å². The molecule has 0 rings (SSSR count). The molecule has 0 fully saturated rings. The van der Waals surface area contributed by atoms with Crippen molar-refractivity contribution in [3.8, 4) is 0 Å². The van der Waals surface area contributed by atoms with Gasteiger partial charge < -0.3 is 0 Å². The van der Waals surface area contributed by atoms with Gasteiger partial charge in [-0.3, -0.25) is 0 Å². The smallest absolute Gasteiger partial charge is 0.0547 e. The van der Waals surface area contributed by atoms with Crippen LogP contribution in [-0.4, -0.2) is 22.6 Å². The molecule has 0 aliphatic carbocycles. The van der Waals surface area contributed by atoms with Crippen molar-refractivity contribution in [1.29, 1.82) is 0 Å². The summed E-state index contributed by atoms with van der Waals surface area (Å²) in [5, 5.41) is 0. The first-order chi connectivity index (χ1) is 4.46. The third kappa shape index (κ3) is 3.31. The van der Waals surface area contributed by atoms with Crippen LogP contribution in [0.5, 0.6) is 0 Å². The molecular weight excluding hydrogens is 171 g/mol. The SMILES string of the molecule is CC(C)P([SiH](C)C)[SiH](C)C. The molecule has 0 spiro atoms. The summed E-state index contributed by atoms with van der Waals surface area (Å²) in [6.45, 7) is 15.0. The molecule has 0 N–H and O–H groups in total. The average molecular weight is 192 g/mol. The van der Waals surface area contributed by atoms with E-state index in [0.29, 0.717) is 7.02 Å². The largest absolute Gasteiger partial charge is 0.134 e. The molecule has 10 heavy (non-hydrogen) atoms. The summed E-state index contributed by atoms with van der Waals surface area (Å²) in [7, 11) is -0.00926. The Balaban J connectivity index is 3.98. The van der Waals surface area contributed by atoms with E-state index >= 15 is 0 Å². The van der Waals surface area contributed by atoms with E-state index in [-0.39, 0.29) is 16.9 Å². The van der Waals surface area contributed by atoms with Gasteiger partial charge in [0, 0.05) is 0 Å². The Kier molecular flexibility index (Phi) is 5.09. The number of rotatable bonds is 3. The van der Waals surface area contributed by atoms with Crippen molar-refractivity contribution in [2.24, 2.45) is 0 Å². The minimum absolute atomic E-state index is 0.275. The Bertz CT molecular complexity index is 72.6. The highest BCUT2D eigenvalue weighted by Gasteiger charge is 2.20. The summed E-state index contributed by atoms with van der Waals surface area (Å²) in [6, 6.07) is 0. The van der Waals surface area contributed by atoms with Crippen LogP contribution in [0.1, 0.15) is 13.8 Å². The number of hydrogen-bond donors (Lipinski definition) is 0. The molecule has 0 heterocycles. The standard InChI is InChI=1S/C7H21PSi2/c1-7(2)8(9(3)4)10(5)6/h7,9-10H,1-6H3. The second kappa shape index (κ2) is 4.68. The van der Waals surface area contributed by atoms with Gasteiger partial charge in [-0.15, -0.1) is 7.02 Å². The Hall–Kier alpha value is 0.864. The van der Waals surface area contributed by atoms with Crippen LogP contribution in [0.2, 0.25) is 26.2 Å². The molecule has 0 aliphatic rings. The fraction of sp³-hybridized carbons (Fsp3) is 1.00. The van der Waals surface area contributed by atoms with Crippen LogP contribution >= 0.6 is 7.02 Å². The Morgan fingerprint density at radius 2 is 1.20 bits per heavy atom. The van der Waals surface area contributed by atoms with Crippen LogP contribution in [0.3, 0.4) is 0 Å². The van der Waals surface area contributed by atoms with Crippen LogP contribution in [0.25, 0.3) is 0 Å². The molecule has 0 nitrogen and oxygen atoms in total. The molecule has 0 bridgehead atoms. The van der Waals surface area contributed by atoms with E-state index in [1.807, 2.05) is 0 Å². The summed E-state index contributed by atoms with van der Waals surface area (Å²) >= 11 is 0. The van der Waals surface area contributed by atoms with E-state index < -0.39 is 0 Å². The first-order valence-corrected chi connectivity index (χ1v) is 13.5. The van der Waals surface area contributed by atoms with E-state index in [9.17, 15) is 0 Å². The van der Waals surface area contributed by atoms with Gasteiger partial charge in [-0.2, -0.15) is 0 Å². The van der Waals surface area contributed by atoms with E-state index in [2.05, 4.69) is 40.0 Å². The topological polar surface area (TPSA) is 0 Å². The van der Waals surface area contributed by atoms with Crippen molar-refractivity contribution >= 4 is 23.9 Å². The maximum absolute atomic E-state index is 2.53. The first-order valence-electron chi connectivity index (χ1n) is 4.24. The first kappa shape index (κ1) is 10.9. The highest BCUT2D eigenvalue weighted by Crippen LogP contribution is 2.46. The van der Waals surface area contributed by atoms with Gasteiger partial charge in [0.1, 0.15) is 0 Å². The van der Waals surface area contributed by atoms with Crippen LogP contribution < -0.4 is 0 Å².